The van der Waals surface area contributed by atoms with E-state index in [2.05, 4.69) is 41.2 Å². The minimum absolute atomic E-state index is 0.00555. The van der Waals surface area contributed by atoms with Gasteiger partial charge in [-0.15, -0.1) is 0 Å². The van der Waals surface area contributed by atoms with E-state index >= 15 is 0 Å². The number of nitrogens with zero attached hydrogens (tertiary/aromatic N) is 5. The summed E-state index contributed by atoms with van der Waals surface area (Å²) in [5.41, 5.74) is 13.8. The third-order valence-electron chi connectivity index (χ3n) is 7.79. The van der Waals surface area contributed by atoms with Crippen LogP contribution in [0.5, 0.6) is 0 Å². The van der Waals surface area contributed by atoms with Crippen LogP contribution in [-0.2, 0) is 35.1 Å². The molecule has 0 aliphatic rings. The average Bonchev–Trinajstić information content (AvgIpc) is 3.16. The van der Waals surface area contributed by atoms with Crippen molar-refractivity contribution in [2.45, 2.75) is 51.6 Å². The second-order valence-electron chi connectivity index (χ2n) is 12.2. The number of anilines is 3. The zero-order valence-corrected chi connectivity index (χ0v) is 31.6. The maximum atomic E-state index is 12.9. The van der Waals surface area contributed by atoms with E-state index in [0.29, 0.717) is 63.4 Å². The van der Waals surface area contributed by atoms with Gasteiger partial charge in [0.15, 0.2) is 17.0 Å². The zero-order valence-electron chi connectivity index (χ0n) is 31.6. The van der Waals surface area contributed by atoms with Gasteiger partial charge in [-0.25, -0.2) is 24.4 Å². The molecule has 1 aromatic carbocycles. The molecule has 9 N–H and O–H groups in total. The number of aromatic nitrogens is 4. The van der Waals surface area contributed by atoms with E-state index in [4.69, 9.17) is 30.4 Å². The molecule has 56 heavy (non-hydrogen) atoms. The van der Waals surface area contributed by atoms with Crippen LogP contribution in [0, 0.1) is 0 Å². The number of carboxylic acids is 1. The smallest absolute Gasteiger partial charge is 0.407 e. The number of carbonyl (C=O) groups is 5. The molecule has 0 fully saturated rings. The zero-order chi connectivity index (χ0) is 40.7. The Balaban J connectivity index is 1.23. The van der Waals surface area contributed by atoms with Gasteiger partial charge in [-0.3, -0.25) is 9.59 Å². The summed E-state index contributed by atoms with van der Waals surface area (Å²) in [5, 5.41) is 20.0. The van der Waals surface area contributed by atoms with Crippen LogP contribution in [0.3, 0.4) is 0 Å². The van der Waals surface area contributed by atoms with Crippen LogP contribution in [-0.4, -0.2) is 127 Å². The van der Waals surface area contributed by atoms with Gasteiger partial charge in [0.2, 0.25) is 11.9 Å². The Bertz CT molecular complexity index is 1730. The molecule has 21 nitrogen and oxygen atoms in total. The second kappa shape index (κ2) is 24.3. The van der Waals surface area contributed by atoms with Crippen LogP contribution in [0.4, 0.5) is 27.0 Å². The Hall–Kier alpha value is -6.09. The monoisotopic (exact) mass is 785 g/mol. The molecule has 0 radical (unpaired) electrons. The van der Waals surface area contributed by atoms with Crippen molar-refractivity contribution < 1.29 is 48.0 Å². The Morgan fingerprint density at radius 2 is 1.45 bits per heavy atom. The molecule has 3 aromatic rings. The lowest BCUT2D eigenvalue weighted by Gasteiger charge is -2.19. The van der Waals surface area contributed by atoms with Gasteiger partial charge < -0.3 is 61.7 Å². The molecule has 306 valence electrons. The summed E-state index contributed by atoms with van der Waals surface area (Å²) in [7, 11) is 1.82. The first kappa shape index (κ1) is 44.3. The van der Waals surface area contributed by atoms with E-state index < -0.39 is 30.1 Å². The Morgan fingerprint density at radius 1 is 0.821 bits per heavy atom. The third-order valence-corrected chi connectivity index (χ3v) is 7.79. The van der Waals surface area contributed by atoms with Gasteiger partial charge in [0.1, 0.15) is 19.3 Å². The topological polar surface area (TPSA) is 297 Å². The summed E-state index contributed by atoms with van der Waals surface area (Å²) in [6.07, 6.45) is 2.34. The van der Waals surface area contributed by atoms with Crippen LogP contribution in [0.25, 0.3) is 11.2 Å². The lowest BCUT2D eigenvalue weighted by molar-refractivity contribution is -0.139. The van der Waals surface area contributed by atoms with Crippen molar-refractivity contribution in [1.29, 1.82) is 0 Å². The van der Waals surface area contributed by atoms with Gasteiger partial charge in [0.05, 0.1) is 44.9 Å². The van der Waals surface area contributed by atoms with E-state index in [9.17, 15) is 29.1 Å². The molecular formula is C35H51N11O10. The fourth-order valence-electron chi connectivity index (χ4n) is 4.92. The summed E-state index contributed by atoms with van der Waals surface area (Å²) in [6, 6.07) is 5.30. The quantitative estimate of drug-likeness (QED) is 0.0589. The Labute approximate surface area is 323 Å². The number of carboxylic acid groups (broad SMARTS) is 1. The largest absolute Gasteiger partial charge is 0.480 e. The number of rotatable bonds is 25. The van der Waals surface area contributed by atoms with Crippen molar-refractivity contribution in [1.82, 2.24) is 41.2 Å². The van der Waals surface area contributed by atoms with Crippen LogP contribution in [0.2, 0.25) is 0 Å². The minimum Gasteiger partial charge on any atom is -0.480 e. The summed E-state index contributed by atoms with van der Waals surface area (Å²) in [6.45, 7) is 4.67. The molecule has 1 atom stereocenters. The van der Waals surface area contributed by atoms with Crippen LogP contribution in [0.15, 0.2) is 30.5 Å². The van der Waals surface area contributed by atoms with E-state index in [0.717, 1.165) is 12.1 Å². The first-order valence-electron chi connectivity index (χ1n) is 18.1. The molecule has 2 heterocycles. The predicted octanol–water partition coefficient (Wildman–Crippen LogP) is 0.976. The number of nitrogens with two attached hydrogens (primary N) is 2. The standard InChI is InChI=1S/C35H51N11O10/c1-3-38-34(51)55-19-17-53-15-16-54-18-20-56-35(52)40-14-6-4-5-13-39-27(47)12-11-26(32(49)50)43-31(48)23-7-9-25(10-8-23)46(2)22-24-21-41-30-28(42-24)29(36)44-33(37)45-30/h7-10,21,26H,3-6,11-20,22H2,1-2H3,(H,38,51)(H,39,47)(H,40,52)(H,43,48)(H,49,50)(H4,36,37,41,44,45). The molecule has 1 unspecified atom stereocenters. The highest BCUT2D eigenvalue weighted by atomic mass is 16.6. The van der Waals surface area contributed by atoms with Crippen molar-refractivity contribution in [3.8, 4) is 0 Å². The van der Waals surface area contributed by atoms with Gasteiger partial charge in [-0.05, 0) is 56.9 Å². The fraction of sp³-hybridized carbons (Fsp3) is 0.514. The number of hydrogen-bond acceptors (Lipinski definition) is 16. The van der Waals surface area contributed by atoms with Crippen molar-refractivity contribution in [3.63, 3.8) is 0 Å². The van der Waals surface area contributed by atoms with Gasteiger partial charge in [0.25, 0.3) is 5.91 Å². The Kier molecular flexibility index (Phi) is 19.3. The molecule has 0 aliphatic carbocycles. The van der Waals surface area contributed by atoms with Gasteiger partial charge in [-0.1, -0.05) is 0 Å². The SMILES string of the molecule is CCNC(=O)OCCOCCOCCOC(=O)NCCCCCNC(=O)CCC(NC(=O)c1ccc(N(C)Cc2cnc3nc(N)nc(N)c3n2)cc1)C(=O)O. The maximum Gasteiger partial charge on any atom is 0.407 e. The van der Waals surface area contributed by atoms with Gasteiger partial charge in [-0.2, -0.15) is 9.97 Å². The van der Waals surface area contributed by atoms with Crippen molar-refractivity contribution in [2.24, 2.45) is 0 Å². The lowest BCUT2D eigenvalue weighted by atomic mass is 10.1. The number of nitrogens with one attached hydrogen (secondary N) is 4. The van der Waals surface area contributed by atoms with Crippen LogP contribution < -0.4 is 37.6 Å². The van der Waals surface area contributed by atoms with E-state index in [-0.39, 0.29) is 68.2 Å². The highest BCUT2D eigenvalue weighted by Crippen LogP contribution is 2.19. The molecule has 0 spiro atoms. The van der Waals surface area contributed by atoms with E-state index in [1.54, 1.807) is 37.4 Å². The number of nitrogen functional groups attached to an aromatic ring is 2. The highest BCUT2D eigenvalue weighted by Gasteiger charge is 2.22. The van der Waals surface area contributed by atoms with Crippen molar-refractivity contribution in [3.05, 3.63) is 41.7 Å². The number of ether oxygens (including phenoxy) is 4. The van der Waals surface area contributed by atoms with Gasteiger partial charge in [0, 0.05) is 44.4 Å². The molecule has 2 aromatic heterocycles. The van der Waals surface area contributed by atoms with Crippen LogP contribution in [0.1, 0.15) is 55.1 Å². The molecule has 0 bridgehead atoms. The number of unbranched alkanes of at least 4 members (excludes halogenated alkanes) is 2. The number of alkyl carbamates (subject to hydrolysis) is 2. The second-order valence-corrected chi connectivity index (χ2v) is 12.2. The summed E-state index contributed by atoms with van der Waals surface area (Å²) < 4.78 is 20.5. The molecule has 0 aliphatic heterocycles. The number of hydrogen-bond donors (Lipinski definition) is 7. The molecule has 0 saturated heterocycles. The number of amides is 4. The number of aliphatic carboxylic acids is 1. The van der Waals surface area contributed by atoms with Crippen LogP contribution >= 0.6 is 0 Å². The molecule has 4 amide bonds. The average molecular weight is 786 g/mol. The number of benzene rings is 1. The first-order valence-corrected chi connectivity index (χ1v) is 18.1. The predicted molar refractivity (Wildman–Crippen MR) is 203 cm³/mol. The maximum absolute atomic E-state index is 12.9. The van der Waals surface area contributed by atoms with E-state index in [1.165, 1.54) is 0 Å². The summed E-state index contributed by atoms with van der Waals surface area (Å²) >= 11 is 0. The molecule has 0 saturated carbocycles. The van der Waals surface area contributed by atoms with Crippen molar-refractivity contribution >= 4 is 58.6 Å². The fourth-order valence-corrected chi connectivity index (χ4v) is 4.92. The highest BCUT2D eigenvalue weighted by molar-refractivity contribution is 5.97. The molecule has 21 heteroatoms. The minimum atomic E-state index is -1.27. The van der Waals surface area contributed by atoms with Crippen molar-refractivity contribution in [2.75, 3.05) is 82.7 Å². The normalized spacial score (nSPS) is 11.3. The summed E-state index contributed by atoms with van der Waals surface area (Å²) in [4.78, 5) is 78.5. The number of fused-ring (bicyclic) bond motifs is 1. The summed E-state index contributed by atoms with van der Waals surface area (Å²) in [5.74, 6) is -2.05. The van der Waals surface area contributed by atoms with Gasteiger partial charge >= 0.3 is 18.2 Å². The first-order chi connectivity index (χ1) is 27.0. The lowest BCUT2D eigenvalue weighted by Crippen LogP contribution is -2.41. The number of carbonyl (C=O) groups excluding carboxylic acids is 4. The molecule has 3 rings (SSSR count). The van der Waals surface area contributed by atoms with E-state index in [1.807, 2.05) is 11.9 Å². The molecular weight excluding hydrogens is 734 g/mol. The Morgan fingerprint density at radius 3 is 2.09 bits per heavy atom. The third kappa shape index (κ3) is 16.5.